The molecule has 4 rings (SSSR count). The third-order valence-corrected chi connectivity index (χ3v) is 4.74. The Morgan fingerprint density at radius 2 is 1.62 bits per heavy atom. The van der Waals surface area contributed by atoms with E-state index in [9.17, 15) is 9.59 Å². The summed E-state index contributed by atoms with van der Waals surface area (Å²) in [6, 6.07) is 18.0. The fourth-order valence-electron chi connectivity index (χ4n) is 3.28. The molecule has 2 aliphatic rings. The molecule has 1 saturated heterocycles. The molecular weight excluding hydrogens is 300 g/mol. The summed E-state index contributed by atoms with van der Waals surface area (Å²) in [5, 5.41) is 3.00. The zero-order valence-electron chi connectivity index (χ0n) is 13.4. The molecule has 0 radical (unpaired) electrons. The third kappa shape index (κ3) is 3.04. The molecule has 0 unspecified atom stereocenters. The Morgan fingerprint density at radius 1 is 0.958 bits per heavy atom. The number of hydrogen-bond donors (Lipinski definition) is 1. The van der Waals surface area contributed by atoms with Gasteiger partial charge < -0.3 is 10.2 Å². The maximum Gasteiger partial charge on any atom is 0.251 e. The number of carbonyl (C=O) groups is 2. The van der Waals surface area contributed by atoms with Crippen LogP contribution >= 0.6 is 0 Å². The van der Waals surface area contributed by atoms with Gasteiger partial charge in [0.25, 0.3) is 5.91 Å². The molecule has 24 heavy (non-hydrogen) atoms. The lowest BCUT2D eigenvalue weighted by atomic mass is 10.0. The summed E-state index contributed by atoms with van der Waals surface area (Å²) in [5.74, 6) is 0.0623. The van der Waals surface area contributed by atoms with E-state index >= 15 is 0 Å². The molecule has 0 bridgehead atoms. The molecule has 2 amide bonds. The maximum atomic E-state index is 12.4. The van der Waals surface area contributed by atoms with E-state index in [4.69, 9.17) is 0 Å². The number of rotatable bonds is 4. The van der Waals surface area contributed by atoms with Crippen molar-refractivity contribution in [3.05, 3.63) is 60.2 Å². The summed E-state index contributed by atoms with van der Waals surface area (Å²) in [7, 11) is 0. The summed E-state index contributed by atoms with van der Waals surface area (Å²) in [6.07, 6.45) is 2.63. The van der Waals surface area contributed by atoms with Gasteiger partial charge in [-0.05, 0) is 36.1 Å². The molecular formula is C20H20N2O2. The molecule has 1 atom stereocenters. The van der Waals surface area contributed by atoms with Crippen molar-refractivity contribution >= 4 is 11.8 Å². The van der Waals surface area contributed by atoms with E-state index in [1.54, 1.807) is 0 Å². The number of nitrogens with zero attached hydrogens (tertiary/aromatic N) is 1. The minimum atomic E-state index is -0.106. The van der Waals surface area contributed by atoms with E-state index in [1.165, 1.54) is 0 Å². The van der Waals surface area contributed by atoms with Crippen LogP contribution in [0.3, 0.4) is 0 Å². The molecule has 122 valence electrons. The summed E-state index contributed by atoms with van der Waals surface area (Å²) in [5.41, 5.74) is 2.85. The monoisotopic (exact) mass is 320 g/mol. The maximum absolute atomic E-state index is 12.4. The minimum Gasteiger partial charge on any atom is -0.347 e. The molecule has 1 aliphatic heterocycles. The van der Waals surface area contributed by atoms with Crippen molar-refractivity contribution in [1.82, 2.24) is 10.2 Å². The van der Waals surface area contributed by atoms with Gasteiger partial charge in [0.15, 0.2) is 0 Å². The summed E-state index contributed by atoms with van der Waals surface area (Å²) < 4.78 is 0. The molecule has 1 N–H and O–H groups in total. The van der Waals surface area contributed by atoms with Crippen molar-refractivity contribution in [3.63, 3.8) is 0 Å². The quantitative estimate of drug-likeness (QED) is 0.942. The standard InChI is InChI=1S/C20H20N2O2/c23-19-12-17(13-22(19)18-10-11-18)21-20(24)16-8-6-15(7-9-16)14-4-2-1-3-5-14/h1-9,17-18H,10-13H2,(H,21,24)/t17-/m0/s1. The van der Waals surface area contributed by atoms with Gasteiger partial charge in [0.1, 0.15) is 0 Å². The topological polar surface area (TPSA) is 49.4 Å². The van der Waals surface area contributed by atoms with Crippen molar-refractivity contribution in [1.29, 1.82) is 0 Å². The van der Waals surface area contributed by atoms with Crippen molar-refractivity contribution in [2.75, 3.05) is 6.54 Å². The normalized spacial score (nSPS) is 20.2. The van der Waals surface area contributed by atoms with Crippen LogP contribution < -0.4 is 5.32 Å². The average molecular weight is 320 g/mol. The molecule has 1 heterocycles. The first kappa shape index (κ1) is 14.9. The highest BCUT2D eigenvalue weighted by molar-refractivity contribution is 5.95. The second-order valence-electron chi connectivity index (χ2n) is 6.60. The predicted molar refractivity (Wildman–Crippen MR) is 92.5 cm³/mol. The van der Waals surface area contributed by atoms with Crippen molar-refractivity contribution in [2.24, 2.45) is 0 Å². The molecule has 2 fully saturated rings. The lowest BCUT2D eigenvalue weighted by molar-refractivity contribution is -0.128. The number of carbonyl (C=O) groups excluding carboxylic acids is 2. The SMILES string of the molecule is O=C(N[C@H]1CC(=O)N(C2CC2)C1)c1ccc(-c2ccccc2)cc1. The molecule has 0 aromatic heterocycles. The Hall–Kier alpha value is -2.62. The van der Waals surface area contributed by atoms with Crippen molar-refractivity contribution < 1.29 is 9.59 Å². The largest absolute Gasteiger partial charge is 0.347 e. The van der Waals surface area contributed by atoms with Gasteiger partial charge in [0.2, 0.25) is 5.91 Å². The first-order valence-electron chi connectivity index (χ1n) is 8.46. The van der Waals surface area contributed by atoms with Crippen LogP contribution in [0.5, 0.6) is 0 Å². The van der Waals surface area contributed by atoms with Crippen LogP contribution in [0.4, 0.5) is 0 Å². The van der Waals surface area contributed by atoms with Gasteiger partial charge in [0.05, 0.1) is 6.04 Å². The smallest absolute Gasteiger partial charge is 0.251 e. The van der Waals surface area contributed by atoms with Crippen molar-refractivity contribution in [3.8, 4) is 11.1 Å². The number of amides is 2. The van der Waals surface area contributed by atoms with E-state index in [0.29, 0.717) is 24.6 Å². The van der Waals surface area contributed by atoms with Crippen LogP contribution in [0.25, 0.3) is 11.1 Å². The Balaban J connectivity index is 1.41. The molecule has 2 aromatic carbocycles. The van der Waals surface area contributed by atoms with Crippen LogP contribution in [0, 0.1) is 0 Å². The zero-order chi connectivity index (χ0) is 16.5. The third-order valence-electron chi connectivity index (χ3n) is 4.74. The molecule has 0 spiro atoms. The van der Waals surface area contributed by atoms with E-state index < -0.39 is 0 Å². The van der Waals surface area contributed by atoms with Gasteiger partial charge in [-0.25, -0.2) is 0 Å². The minimum absolute atomic E-state index is 0.0700. The van der Waals surface area contributed by atoms with Crippen LogP contribution in [0.15, 0.2) is 54.6 Å². The van der Waals surface area contributed by atoms with Crippen LogP contribution in [0.2, 0.25) is 0 Å². The van der Waals surface area contributed by atoms with E-state index in [0.717, 1.165) is 24.0 Å². The van der Waals surface area contributed by atoms with Crippen LogP contribution in [-0.4, -0.2) is 35.3 Å². The predicted octanol–water partition coefficient (Wildman–Crippen LogP) is 2.85. The van der Waals surface area contributed by atoms with E-state index in [2.05, 4.69) is 5.32 Å². The fraction of sp³-hybridized carbons (Fsp3) is 0.300. The number of nitrogens with one attached hydrogen (secondary N) is 1. The average Bonchev–Trinajstić information content (AvgIpc) is 3.39. The van der Waals surface area contributed by atoms with Gasteiger partial charge in [-0.1, -0.05) is 42.5 Å². The highest BCUT2D eigenvalue weighted by Gasteiger charge is 2.39. The van der Waals surface area contributed by atoms with Gasteiger partial charge in [0, 0.05) is 24.6 Å². The first-order valence-corrected chi connectivity index (χ1v) is 8.46. The summed E-state index contributed by atoms with van der Waals surface area (Å²) in [4.78, 5) is 26.3. The highest BCUT2D eigenvalue weighted by Crippen LogP contribution is 2.30. The van der Waals surface area contributed by atoms with Gasteiger partial charge in [-0.15, -0.1) is 0 Å². The second-order valence-corrected chi connectivity index (χ2v) is 6.60. The number of benzene rings is 2. The fourth-order valence-corrected chi connectivity index (χ4v) is 3.28. The van der Waals surface area contributed by atoms with Crippen molar-refractivity contribution in [2.45, 2.75) is 31.3 Å². The summed E-state index contributed by atoms with van der Waals surface area (Å²) >= 11 is 0. The zero-order valence-corrected chi connectivity index (χ0v) is 13.4. The van der Waals surface area contributed by atoms with Gasteiger partial charge >= 0.3 is 0 Å². The number of hydrogen-bond acceptors (Lipinski definition) is 2. The summed E-state index contributed by atoms with van der Waals surface area (Å²) in [6.45, 7) is 0.650. The first-order chi connectivity index (χ1) is 11.7. The molecule has 4 nitrogen and oxygen atoms in total. The molecule has 2 aromatic rings. The van der Waals surface area contributed by atoms with Crippen LogP contribution in [-0.2, 0) is 4.79 Å². The highest BCUT2D eigenvalue weighted by atomic mass is 16.2. The Bertz CT molecular complexity index is 751. The van der Waals surface area contributed by atoms with Crippen LogP contribution in [0.1, 0.15) is 29.6 Å². The second kappa shape index (κ2) is 6.11. The lowest BCUT2D eigenvalue weighted by Gasteiger charge is -2.16. The Morgan fingerprint density at radius 3 is 2.29 bits per heavy atom. The van der Waals surface area contributed by atoms with Gasteiger partial charge in [-0.3, -0.25) is 9.59 Å². The van der Waals surface area contributed by atoms with E-state index in [-0.39, 0.29) is 17.9 Å². The Kier molecular flexibility index (Phi) is 3.81. The Labute approximate surface area is 141 Å². The molecule has 1 aliphatic carbocycles. The molecule has 1 saturated carbocycles. The molecule has 4 heteroatoms. The lowest BCUT2D eigenvalue weighted by Crippen LogP contribution is -2.37. The van der Waals surface area contributed by atoms with Gasteiger partial charge in [-0.2, -0.15) is 0 Å². The van der Waals surface area contributed by atoms with E-state index in [1.807, 2.05) is 59.5 Å². The number of likely N-dealkylation sites (tertiary alicyclic amines) is 1.